The third-order valence-corrected chi connectivity index (χ3v) is 5.55. The number of aromatic nitrogens is 1. The maximum Gasteiger partial charge on any atom is 0.339 e. The van der Waals surface area contributed by atoms with E-state index in [-0.39, 0.29) is 23.6 Å². The number of fused-ring (bicyclic) bond motifs is 3. The van der Waals surface area contributed by atoms with E-state index in [0.29, 0.717) is 12.2 Å². The number of carboxylic acids is 1. The van der Waals surface area contributed by atoms with Gasteiger partial charge in [0.1, 0.15) is 0 Å². The molecule has 6 heteroatoms. The molecule has 2 aromatic rings. The third-order valence-electron chi connectivity index (χ3n) is 5.55. The Balaban J connectivity index is 2.31. The average Bonchev–Trinajstić information content (AvgIpc) is 2.97. The molecule has 1 aromatic heterocycles. The number of amides is 2. The number of benzene rings is 1. The van der Waals surface area contributed by atoms with Crippen LogP contribution < -0.4 is 5.32 Å². The molecule has 0 fully saturated rings. The van der Waals surface area contributed by atoms with Crippen LogP contribution in [0.15, 0.2) is 30.5 Å². The molecule has 2 amide bonds. The summed E-state index contributed by atoms with van der Waals surface area (Å²) in [6.07, 6.45) is 2.31. The summed E-state index contributed by atoms with van der Waals surface area (Å²) in [4.78, 5) is 30.0. The molecule has 1 atom stereocenters. The molecular weight excluding hydrogens is 354 g/mol. The number of carbonyl (C=O) groups is 2. The van der Waals surface area contributed by atoms with Gasteiger partial charge in [-0.1, -0.05) is 52.8 Å². The first kappa shape index (κ1) is 20.0. The molecule has 2 heterocycles. The quantitative estimate of drug-likeness (QED) is 0.734. The van der Waals surface area contributed by atoms with Gasteiger partial charge in [-0.15, -0.1) is 0 Å². The van der Waals surface area contributed by atoms with Gasteiger partial charge in [-0.05, 0) is 24.0 Å². The first-order chi connectivity index (χ1) is 13.2. The Hall–Kier alpha value is -2.76. The van der Waals surface area contributed by atoms with Crippen LogP contribution in [0.2, 0.25) is 0 Å². The van der Waals surface area contributed by atoms with Crippen molar-refractivity contribution >= 4 is 28.5 Å². The summed E-state index contributed by atoms with van der Waals surface area (Å²) < 4.78 is 0. The number of carbonyl (C=O) groups excluding carboxylic acids is 1. The predicted octanol–water partition coefficient (Wildman–Crippen LogP) is 4.33. The van der Waals surface area contributed by atoms with Crippen molar-refractivity contribution in [2.24, 2.45) is 5.92 Å². The van der Waals surface area contributed by atoms with Crippen LogP contribution in [-0.2, 0) is 10.2 Å². The highest BCUT2D eigenvalue weighted by Crippen LogP contribution is 2.45. The summed E-state index contributed by atoms with van der Waals surface area (Å²) in [5, 5.41) is 13.9. The van der Waals surface area contributed by atoms with Crippen molar-refractivity contribution in [1.29, 1.82) is 0 Å². The molecule has 28 heavy (non-hydrogen) atoms. The van der Waals surface area contributed by atoms with Crippen molar-refractivity contribution in [2.75, 3.05) is 6.54 Å². The zero-order valence-corrected chi connectivity index (χ0v) is 17.2. The van der Waals surface area contributed by atoms with Gasteiger partial charge in [0.05, 0.1) is 11.3 Å². The predicted molar refractivity (Wildman–Crippen MR) is 111 cm³/mol. The Labute approximate surface area is 165 Å². The molecule has 0 saturated carbocycles. The fourth-order valence-electron chi connectivity index (χ4n) is 4.62. The molecule has 3 rings (SSSR count). The van der Waals surface area contributed by atoms with E-state index in [1.54, 1.807) is 4.90 Å². The molecule has 0 aliphatic carbocycles. The van der Waals surface area contributed by atoms with Gasteiger partial charge in [0.2, 0.25) is 0 Å². The number of hydrogen-bond donors (Lipinski definition) is 3. The maximum atomic E-state index is 13.0. The van der Waals surface area contributed by atoms with Gasteiger partial charge in [-0.25, -0.2) is 9.59 Å². The lowest BCUT2D eigenvalue weighted by atomic mass is 9.72. The fourth-order valence-corrected chi connectivity index (χ4v) is 4.62. The number of H-pyrrole nitrogens is 1. The lowest BCUT2D eigenvalue weighted by molar-refractivity contribution is -0.130. The summed E-state index contributed by atoms with van der Waals surface area (Å²) in [5.41, 5.74) is 2.06. The normalized spacial score (nSPS) is 18.6. The molecule has 150 valence electrons. The highest BCUT2D eigenvalue weighted by molar-refractivity contribution is 6.17. The van der Waals surface area contributed by atoms with Gasteiger partial charge in [-0.3, -0.25) is 4.90 Å². The van der Waals surface area contributed by atoms with Crippen molar-refractivity contribution in [1.82, 2.24) is 15.2 Å². The van der Waals surface area contributed by atoms with Crippen LogP contribution in [0.25, 0.3) is 16.5 Å². The Bertz CT molecular complexity index is 940. The van der Waals surface area contributed by atoms with E-state index in [2.05, 4.69) is 38.0 Å². The van der Waals surface area contributed by atoms with E-state index in [9.17, 15) is 14.7 Å². The van der Waals surface area contributed by atoms with Crippen molar-refractivity contribution in [3.05, 3.63) is 41.7 Å². The van der Waals surface area contributed by atoms with E-state index < -0.39 is 11.4 Å². The lowest BCUT2D eigenvalue weighted by Crippen LogP contribution is -2.53. The second-order valence-electron chi connectivity index (χ2n) is 8.32. The number of aliphatic carboxylic acids is 1. The minimum absolute atomic E-state index is 0.106. The Morgan fingerprint density at radius 3 is 2.57 bits per heavy atom. The van der Waals surface area contributed by atoms with E-state index >= 15 is 0 Å². The molecular formula is C22H29N3O3. The maximum absolute atomic E-state index is 13.0. The van der Waals surface area contributed by atoms with E-state index in [0.717, 1.165) is 22.9 Å². The molecule has 1 unspecified atom stereocenters. The van der Waals surface area contributed by atoms with Crippen molar-refractivity contribution in [2.45, 2.75) is 52.5 Å². The Kier molecular flexibility index (Phi) is 5.24. The molecule has 6 nitrogen and oxygen atoms in total. The minimum Gasteiger partial charge on any atom is -0.478 e. The summed E-state index contributed by atoms with van der Waals surface area (Å²) in [5.74, 6) is -0.936. The van der Waals surface area contributed by atoms with E-state index in [1.165, 1.54) is 6.20 Å². The summed E-state index contributed by atoms with van der Waals surface area (Å²) in [6, 6.07) is 7.38. The second kappa shape index (κ2) is 7.34. The van der Waals surface area contributed by atoms with Crippen LogP contribution in [0.5, 0.6) is 0 Å². The van der Waals surface area contributed by atoms with Gasteiger partial charge < -0.3 is 15.4 Å². The lowest BCUT2D eigenvalue weighted by Gasteiger charge is -2.42. The smallest absolute Gasteiger partial charge is 0.339 e. The molecule has 1 aliphatic heterocycles. The van der Waals surface area contributed by atoms with Crippen LogP contribution in [0.1, 0.15) is 52.3 Å². The molecule has 0 radical (unpaired) electrons. The van der Waals surface area contributed by atoms with Crippen molar-refractivity contribution in [3.8, 4) is 0 Å². The highest BCUT2D eigenvalue weighted by Gasteiger charge is 2.45. The SMILES string of the molecule is CCCNC(=O)N1C=C(C(=O)O)c2[nH]c3ccccc3c2C(C)(C)C1C(C)C. The van der Waals surface area contributed by atoms with Crippen LogP contribution in [0.4, 0.5) is 4.79 Å². The van der Waals surface area contributed by atoms with Gasteiger partial charge in [-0.2, -0.15) is 0 Å². The number of urea groups is 1. The van der Waals surface area contributed by atoms with Crippen LogP contribution in [0.3, 0.4) is 0 Å². The summed E-state index contributed by atoms with van der Waals surface area (Å²) in [6.45, 7) is 10.9. The highest BCUT2D eigenvalue weighted by atomic mass is 16.4. The van der Waals surface area contributed by atoms with Gasteiger partial charge in [0.15, 0.2) is 0 Å². The Morgan fingerprint density at radius 1 is 1.29 bits per heavy atom. The van der Waals surface area contributed by atoms with Gasteiger partial charge >= 0.3 is 12.0 Å². The fraction of sp³-hybridized carbons (Fsp3) is 0.455. The first-order valence-corrected chi connectivity index (χ1v) is 9.83. The summed E-state index contributed by atoms with van der Waals surface area (Å²) >= 11 is 0. The second-order valence-corrected chi connectivity index (χ2v) is 8.32. The topological polar surface area (TPSA) is 85.4 Å². The number of rotatable bonds is 4. The van der Waals surface area contributed by atoms with Gasteiger partial charge in [0, 0.05) is 35.1 Å². The molecule has 0 bridgehead atoms. The number of aromatic amines is 1. The zero-order chi connectivity index (χ0) is 20.6. The minimum atomic E-state index is -1.05. The van der Waals surface area contributed by atoms with E-state index in [4.69, 9.17) is 0 Å². The standard InChI is InChI=1S/C22H29N3O3/c1-6-11-23-21(28)25-12-15(20(26)27)18-17(22(4,5)19(25)13(2)3)14-9-7-8-10-16(14)24-18/h7-10,12-13,19,24H,6,11H2,1-5H3,(H,23,28)(H,26,27). The number of nitrogens with one attached hydrogen (secondary N) is 2. The summed E-state index contributed by atoms with van der Waals surface area (Å²) in [7, 11) is 0. The Morgan fingerprint density at radius 2 is 1.96 bits per heavy atom. The first-order valence-electron chi connectivity index (χ1n) is 9.83. The third kappa shape index (κ3) is 3.17. The molecule has 3 N–H and O–H groups in total. The molecule has 0 saturated heterocycles. The van der Waals surface area contributed by atoms with Crippen LogP contribution in [-0.4, -0.2) is 39.6 Å². The number of carboxylic acid groups (broad SMARTS) is 1. The monoisotopic (exact) mass is 383 g/mol. The number of para-hydroxylation sites is 1. The number of nitrogens with zero attached hydrogens (tertiary/aromatic N) is 1. The number of hydrogen-bond acceptors (Lipinski definition) is 2. The largest absolute Gasteiger partial charge is 0.478 e. The van der Waals surface area contributed by atoms with Crippen molar-refractivity contribution in [3.63, 3.8) is 0 Å². The average molecular weight is 383 g/mol. The molecule has 0 spiro atoms. The van der Waals surface area contributed by atoms with Crippen molar-refractivity contribution < 1.29 is 14.7 Å². The zero-order valence-electron chi connectivity index (χ0n) is 17.2. The van der Waals surface area contributed by atoms with Crippen LogP contribution >= 0.6 is 0 Å². The van der Waals surface area contributed by atoms with Gasteiger partial charge in [0.25, 0.3) is 0 Å². The van der Waals surface area contributed by atoms with E-state index in [1.807, 2.05) is 31.2 Å². The molecule has 1 aromatic carbocycles. The molecule has 1 aliphatic rings. The van der Waals surface area contributed by atoms with Crippen LogP contribution in [0, 0.1) is 5.92 Å².